The van der Waals surface area contributed by atoms with Crippen LogP contribution >= 0.6 is 0 Å². The number of allylic oxidation sites excluding steroid dienone is 1. The van der Waals surface area contributed by atoms with E-state index in [0.717, 1.165) is 45.2 Å². The van der Waals surface area contributed by atoms with Crippen molar-refractivity contribution in [2.24, 2.45) is 0 Å². The molecule has 2 aromatic carbocycles. The Hall–Kier alpha value is -4.06. The van der Waals surface area contributed by atoms with Crippen LogP contribution in [0.5, 0.6) is 5.75 Å². The van der Waals surface area contributed by atoms with E-state index in [9.17, 15) is 9.59 Å². The van der Waals surface area contributed by atoms with Gasteiger partial charge in [0.1, 0.15) is 5.75 Å². The fourth-order valence-electron chi connectivity index (χ4n) is 4.92. The van der Waals surface area contributed by atoms with Crippen molar-refractivity contribution in [2.75, 3.05) is 18.6 Å². The highest BCUT2D eigenvalue weighted by Crippen LogP contribution is 2.37. The summed E-state index contributed by atoms with van der Waals surface area (Å²) in [5, 5.41) is 0. The van der Waals surface area contributed by atoms with Crippen LogP contribution in [0.2, 0.25) is 0 Å². The molecule has 3 aromatic rings. The van der Waals surface area contributed by atoms with Gasteiger partial charge in [0.2, 0.25) is 0 Å². The third-order valence-electron chi connectivity index (χ3n) is 6.43. The van der Waals surface area contributed by atoms with Crippen LogP contribution in [0.15, 0.2) is 65.4 Å². The summed E-state index contributed by atoms with van der Waals surface area (Å²) >= 11 is 0. The number of hydrogen-bond acceptors (Lipinski definition) is 4. The van der Waals surface area contributed by atoms with Crippen LogP contribution in [-0.2, 0) is 14.3 Å². The SMILES string of the molecule is CCOc1ccc(-n2c(C)cc(/C=C3\C(=O)N(c4cc(C)cc(C)c4)C(C)=C3C(=O)OC)c2C)cc1. The van der Waals surface area contributed by atoms with Gasteiger partial charge in [-0.3, -0.25) is 9.69 Å². The van der Waals surface area contributed by atoms with E-state index in [-0.39, 0.29) is 11.5 Å². The lowest BCUT2D eigenvalue weighted by Crippen LogP contribution is -2.24. The Kier molecular flexibility index (Phi) is 6.88. The first-order valence-corrected chi connectivity index (χ1v) is 12.0. The van der Waals surface area contributed by atoms with E-state index >= 15 is 0 Å². The molecule has 0 radical (unpaired) electrons. The van der Waals surface area contributed by atoms with Crippen molar-refractivity contribution in [3.63, 3.8) is 0 Å². The van der Waals surface area contributed by atoms with Gasteiger partial charge in [-0.1, -0.05) is 6.07 Å². The van der Waals surface area contributed by atoms with Crippen molar-refractivity contribution in [3.8, 4) is 11.4 Å². The smallest absolute Gasteiger partial charge is 0.340 e. The molecule has 1 amide bonds. The number of aryl methyl sites for hydroxylation is 3. The molecule has 0 aliphatic carbocycles. The molecule has 0 bridgehead atoms. The summed E-state index contributed by atoms with van der Waals surface area (Å²) in [6.07, 6.45) is 1.80. The molecule has 2 heterocycles. The van der Waals surface area contributed by atoms with E-state index in [0.29, 0.717) is 17.9 Å². The zero-order chi connectivity index (χ0) is 26.1. The highest BCUT2D eigenvalue weighted by atomic mass is 16.5. The highest BCUT2D eigenvalue weighted by molar-refractivity contribution is 6.23. The fraction of sp³-hybridized carbons (Fsp3) is 0.267. The van der Waals surface area contributed by atoms with Crippen molar-refractivity contribution >= 4 is 23.6 Å². The van der Waals surface area contributed by atoms with Gasteiger partial charge in [-0.05, 0) is 107 Å². The van der Waals surface area contributed by atoms with Crippen LogP contribution in [0.3, 0.4) is 0 Å². The summed E-state index contributed by atoms with van der Waals surface area (Å²) in [4.78, 5) is 28.2. The molecule has 6 heteroatoms. The van der Waals surface area contributed by atoms with Gasteiger partial charge in [0, 0.05) is 28.5 Å². The molecule has 4 rings (SSSR count). The molecule has 0 unspecified atom stereocenters. The average Bonchev–Trinajstić information content (AvgIpc) is 3.24. The Morgan fingerprint density at radius 2 is 1.56 bits per heavy atom. The molecular weight excluding hydrogens is 452 g/mol. The number of ether oxygens (including phenoxy) is 2. The minimum Gasteiger partial charge on any atom is -0.494 e. The van der Waals surface area contributed by atoms with Gasteiger partial charge >= 0.3 is 5.97 Å². The van der Waals surface area contributed by atoms with Gasteiger partial charge in [-0.25, -0.2) is 4.79 Å². The number of carbonyl (C=O) groups excluding carboxylic acids is 2. The minimum absolute atomic E-state index is 0.247. The molecule has 0 N–H and O–H groups in total. The van der Waals surface area contributed by atoms with Crippen LogP contribution in [0.1, 0.15) is 41.9 Å². The van der Waals surface area contributed by atoms with Gasteiger partial charge < -0.3 is 14.0 Å². The zero-order valence-corrected chi connectivity index (χ0v) is 21.9. The average molecular weight is 485 g/mol. The molecule has 1 aliphatic rings. The summed E-state index contributed by atoms with van der Waals surface area (Å²) in [5.74, 6) is 0.0421. The van der Waals surface area contributed by atoms with Gasteiger partial charge in [0.05, 0.1) is 24.9 Å². The predicted molar refractivity (Wildman–Crippen MR) is 143 cm³/mol. The number of anilines is 1. The standard InChI is InChI=1S/C30H32N2O4/c1-8-36-26-11-9-24(10-12-26)31-20(4)16-23(21(31)5)17-27-28(30(34)35-7)22(6)32(29(27)33)25-14-18(2)13-19(3)15-25/h9-17H,8H2,1-7H3/b27-17-. The van der Waals surface area contributed by atoms with E-state index in [4.69, 9.17) is 9.47 Å². The summed E-state index contributed by atoms with van der Waals surface area (Å²) < 4.78 is 12.8. The summed E-state index contributed by atoms with van der Waals surface area (Å²) in [6.45, 7) is 12.4. The van der Waals surface area contributed by atoms with E-state index in [1.165, 1.54) is 7.11 Å². The first-order chi connectivity index (χ1) is 17.2. The zero-order valence-electron chi connectivity index (χ0n) is 21.9. The number of esters is 1. The number of carbonyl (C=O) groups is 2. The van der Waals surface area contributed by atoms with Crippen LogP contribution in [0.25, 0.3) is 11.8 Å². The Morgan fingerprint density at radius 1 is 0.917 bits per heavy atom. The third kappa shape index (κ3) is 4.47. The molecule has 1 aliphatic heterocycles. The Labute approximate surface area is 212 Å². The lowest BCUT2D eigenvalue weighted by atomic mass is 10.0. The van der Waals surface area contributed by atoms with Crippen molar-refractivity contribution in [1.29, 1.82) is 0 Å². The van der Waals surface area contributed by atoms with Crippen molar-refractivity contribution in [3.05, 3.63) is 93.5 Å². The first kappa shape index (κ1) is 25.0. The molecular formula is C30H32N2O4. The molecule has 6 nitrogen and oxygen atoms in total. The highest BCUT2D eigenvalue weighted by Gasteiger charge is 2.38. The molecule has 0 spiro atoms. The molecule has 0 saturated heterocycles. The van der Waals surface area contributed by atoms with Crippen LogP contribution < -0.4 is 9.64 Å². The van der Waals surface area contributed by atoms with Crippen LogP contribution in [0, 0.1) is 27.7 Å². The summed E-state index contributed by atoms with van der Waals surface area (Å²) in [5.41, 5.74) is 7.82. The first-order valence-electron chi connectivity index (χ1n) is 12.0. The predicted octanol–water partition coefficient (Wildman–Crippen LogP) is 5.99. The quantitative estimate of drug-likeness (QED) is 0.319. The molecule has 36 heavy (non-hydrogen) atoms. The van der Waals surface area contributed by atoms with Gasteiger partial charge in [0.15, 0.2) is 0 Å². The van der Waals surface area contributed by atoms with Crippen molar-refractivity contribution in [1.82, 2.24) is 4.57 Å². The van der Waals surface area contributed by atoms with Gasteiger partial charge in [0.25, 0.3) is 5.91 Å². The molecule has 1 aromatic heterocycles. The Bertz CT molecular complexity index is 1390. The molecule has 0 fully saturated rings. The van der Waals surface area contributed by atoms with Gasteiger partial charge in [-0.2, -0.15) is 0 Å². The second kappa shape index (κ2) is 9.90. The minimum atomic E-state index is -0.528. The molecule has 186 valence electrons. The fourth-order valence-corrected chi connectivity index (χ4v) is 4.92. The number of methoxy groups -OCH3 is 1. The van der Waals surface area contributed by atoms with Crippen molar-refractivity contribution < 1.29 is 19.1 Å². The maximum atomic E-state index is 13.7. The van der Waals surface area contributed by atoms with Gasteiger partial charge in [-0.15, -0.1) is 0 Å². The Morgan fingerprint density at radius 3 is 2.14 bits per heavy atom. The second-order valence-electron chi connectivity index (χ2n) is 9.09. The van der Waals surface area contributed by atoms with E-state index in [2.05, 4.69) is 10.6 Å². The normalized spacial score (nSPS) is 14.7. The molecule has 0 atom stereocenters. The van der Waals surface area contributed by atoms with E-state index in [1.807, 2.05) is 77.1 Å². The van der Waals surface area contributed by atoms with Crippen LogP contribution in [0.4, 0.5) is 5.69 Å². The number of amides is 1. The van der Waals surface area contributed by atoms with E-state index in [1.54, 1.807) is 17.9 Å². The number of rotatable bonds is 6. The summed E-state index contributed by atoms with van der Waals surface area (Å²) in [7, 11) is 1.34. The number of hydrogen-bond donors (Lipinski definition) is 0. The Balaban J connectivity index is 1.81. The van der Waals surface area contributed by atoms with E-state index < -0.39 is 5.97 Å². The summed E-state index contributed by atoms with van der Waals surface area (Å²) in [6, 6.07) is 15.9. The van der Waals surface area contributed by atoms with Crippen LogP contribution in [-0.4, -0.2) is 30.2 Å². The lowest BCUT2D eigenvalue weighted by molar-refractivity contribution is -0.136. The van der Waals surface area contributed by atoms with Crippen molar-refractivity contribution in [2.45, 2.75) is 41.5 Å². The third-order valence-corrected chi connectivity index (χ3v) is 6.43. The number of nitrogens with zero attached hydrogens (tertiary/aromatic N) is 2. The monoisotopic (exact) mass is 484 g/mol. The lowest BCUT2D eigenvalue weighted by Gasteiger charge is -2.19. The maximum Gasteiger partial charge on any atom is 0.340 e. The number of aromatic nitrogens is 1. The maximum absolute atomic E-state index is 13.7. The largest absolute Gasteiger partial charge is 0.494 e. The topological polar surface area (TPSA) is 60.8 Å². The second-order valence-corrected chi connectivity index (χ2v) is 9.09. The molecule has 0 saturated carbocycles. The number of benzene rings is 2.